The van der Waals surface area contributed by atoms with Crippen molar-refractivity contribution < 1.29 is 4.74 Å². The summed E-state index contributed by atoms with van der Waals surface area (Å²) in [6.45, 7) is 0. The number of hydrogen-bond donors (Lipinski definition) is 0. The van der Waals surface area contributed by atoms with Gasteiger partial charge in [0.25, 0.3) is 0 Å². The molecule has 0 saturated heterocycles. The number of methoxy groups -OCH3 is 1. The molecule has 1 aromatic heterocycles. The highest BCUT2D eigenvalue weighted by Gasteiger charge is 2.19. The van der Waals surface area contributed by atoms with Gasteiger partial charge in [-0.05, 0) is 17.7 Å². The van der Waals surface area contributed by atoms with Crippen LogP contribution in [0.5, 0.6) is 5.75 Å². The average molecular weight is 325 g/mol. The van der Waals surface area contributed by atoms with E-state index in [2.05, 4.69) is 83.4 Å². The molecule has 1 heterocycles. The van der Waals surface area contributed by atoms with Gasteiger partial charge in [0.15, 0.2) is 0 Å². The van der Waals surface area contributed by atoms with E-state index in [0.29, 0.717) is 0 Å². The average Bonchev–Trinajstić information content (AvgIpc) is 3.10. The van der Waals surface area contributed by atoms with Crippen molar-refractivity contribution in [3.63, 3.8) is 0 Å². The van der Waals surface area contributed by atoms with Crippen molar-refractivity contribution in [2.45, 2.75) is 0 Å². The third-order valence-electron chi connectivity index (χ3n) is 4.32. The van der Waals surface area contributed by atoms with Crippen molar-refractivity contribution in [3.05, 3.63) is 97.1 Å². The molecule has 0 aliphatic heterocycles. The molecule has 0 aliphatic rings. The van der Waals surface area contributed by atoms with Crippen LogP contribution in [0.3, 0.4) is 0 Å². The molecule has 0 bridgehead atoms. The molecule has 4 rings (SSSR count). The van der Waals surface area contributed by atoms with Crippen LogP contribution in [0.25, 0.3) is 28.2 Å². The lowest BCUT2D eigenvalue weighted by atomic mass is 10.1. The Bertz CT molecular complexity index is 957. The molecule has 25 heavy (non-hydrogen) atoms. The van der Waals surface area contributed by atoms with Gasteiger partial charge in [-0.15, -0.1) is 0 Å². The zero-order valence-corrected chi connectivity index (χ0v) is 14.1. The van der Waals surface area contributed by atoms with Gasteiger partial charge in [-0.3, -0.25) is 0 Å². The van der Waals surface area contributed by atoms with Crippen LogP contribution < -0.4 is 4.74 Å². The van der Waals surface area contributed by atoms with Gasteiger partial charge in [0.05, 0.1) is 18.5 Å². The molecule has 0 radical (unpaired) electrons. The number of ether oxygens (including phenoxy) is 1. The molecular formula is C23H19NO. The molecule has 0 fully saturated rings. The van der Waals surface area contributed by atoms with Gasteiger partial charge in [-0.2, -0.15) is 0 Å². The monoisotopic (exact) mass is 325 g/mol. The lowest BCUT2D eigenvalue weighted by Crippen LogP contribution is -1.99. The summed E-state index contributed by atoms with van der Waals surface area (Å²) in [6.07, 6.45) is 0. The second-order valence-electron chi connectivity index (χ2n) is 5.85. The highest BCUT2D eigenvalue weighted by molar-refractivity contribution is 5.78. The van der Waals surface area contributed by atoms with Crippen molar-refractivity contribution in [1.29, 1.82) is 0 Å². The van der Waals surface area contributed by atoms with Gasteiger partial charge in [-0.25, -0.2) is 0 Å². The first-order valence-electron chi connectivity index (χ1n) is 8.34. The molecule has 2 heteroatoms. The zero-order valence-electron chi connectivity index (χ0n) is 14.1. The fourth-order valence-corrected chi connectivity index (χ4v) is 3.18. The summed E-state index contributed by atoms with van der Waals surface area (Å²) in [7, 11) is 1.73. The fraction of sp³-hybridized carbons (Fsp3) is 0.0435. The predicted octanol–water partition coefficient (Wildman–Crippen LogP) is 5.82. The maximum Gasteiger partial charge on any atom is 0.145 e. The third-order valence-corrected chi connectivity index (χ3v) is 4.32. The Morgan fingerprint density at radius 2 is 1.16 bits per heavy atom. The fourth-order valence-electron chi connectivity index (χ4n) is 3.18. The van der Waals surface area contributed by atoms with E-state index in [-0.39, 0.29) is 0 Å². The van der Waals surface area contributed by atoms with E-state index in [4.69, 9.17) is 4.74 Å². The summed E-state index contributed by atoms with van der Waals surface area (Å²) < 4.78 is 8.01. The minimum absolute atomic E-state index is 0.869. The maximum atomic E-state index is 5.74. The van der Waals surface area contributed by atoms with Crippen LogP contribution in [0.1, 0.15) is 0 Å². The van der Waals surface area contributed by atoms with Crippen LogP contribution in [0.4, 0.5) is 0 Å². The summed E-state index contributed by atoms with van der Waals surface area (Å²) in [5.74, 6) is 0.869. The summed E-state index contributed by atoms with van der Waals surface area (Å²) in [6, 6.07) is 33.3. The van der Waals surface area contributed by atoms with Crippen molar-refractivity contribution in [3.8, 4) is 34.0 Å². The highest BCUT2D eigenvalue weighted by atomic mass is 16.5. The van der Waals surface area contributed by atoms with Crippen molar-refractivity contribution >= 4 is 0 Å². The summed E-state index contributed by atoms with van der Waals surface area (Å²) >= 11 is 0. The van der Waals surface area contributed by atoms with E-state index < -0.39 is 0 Å². The maximum absolute atomic E-state index is 5.74. The molecule has 122 valence electrons. The van der Waals surface area contributed by atoms with Gasteiger partial charge in [0, 0.05) is 17.3 Å². The van der Waals surface area contributed by atoms with E-state index >= 15 is 0 Å². The molecule has 0 amide bonds. The van der Waals surface area contributed by atoms with Gasteiger partial charge in [0.2, 0.25) is 0 Å². The van der Waals surface area contributed by atoms with Crippen LogP contribution in [-0.4, -0.2) is 11.7 Å². The van der Waals surface area contributed by atoms with Gasteiger partial charge in [0.1, 0.15) is 5.75 Å². The topological polar surface area (TPSA) is 14.2 Å². The molecule has 0 spiro atoms. The van der Waals surface area contributed by atoms with E-state index in [1.54, 1.807) is 7.11 Å². The summed E-state index contributed by atoms with van der Waals surface area (Å²) in [4.78, 5) is 0. The number of rotatable bonds is 4. The van der Waals surface area contributed by atoms with Crippen molar-refractivity contribution in [2.24, 2.45) is 0 Å². The second-order valence-corrected chi connectivity index (χ2v) is 5.85. The van der Waals surface area contributed by atoms with Crippen LogP contribution in [-0.2, 0) is 0 Å². The molecular weight excluding hydrogens is 306 g/mol. The SMILES string of the molecule is COc1cc(-c2ccccc2)n(-c2ccccc2)c1-c1ccccc1. The molecule has 0 unspecified atom stereocenters. The van der Waals surface area contributed by atoms with E-state index in [1.165, 1.54) is 0 Å². The van der Waals surface area contributed by atoms with Gasteiger partial charge >= 0.3 is 0 Å². The number of para-hydroxylation sites is 1. The number of aromatic nitrogens is 1. The number of hydrogen-bond acceptors (Lipinski definition) is 1. The zero-order chi connectivity index (χ0) is 17.1. The quantitative estimate of drug-likeness (QED) is 0.461. The lowest BCUT2D eigenvalue weighted by molar-refractivity contribution is 0.416. The van der Waals surface area contributed by atoms with Crippen molar-refractivity contribution in [2.75, 3.05) is 7.11 Å². The third kappa shape index (κ3) is 2.83. The lowest BCUT2D eigenvalue weighted by Gasteiger charge is -2.14. The molecule has 3 aromatic carbocycles. The Kier molecular flexibility index (Phi) is 4.09. The summed E-state index contributed by atoms with van der Waals surface area (Å²) in [5.41, 5.74) is 5.58. The molecule has 0 saturated carbocycles. The molecule has 2 nitrogen and oxygen atoms in total. The Morgan fingerprint density at radius 3 is 1.72 bits per heavy atom. The normalized spacial score (nSPS) is 10.6. The molecule has 4 aromatic rings. The first kappa shape index (κ1) is 15.3. The standard InChI is InChI=1S/C23H19NO/c1-25-22-17-21(18-11-5-2-6-12-18)24(20-15-9-4-10-16-20)23(22)19-13-7-3-8-14-19/h2-17H,1H3. The van der Waals surface area contributed by atoms with E-state index in [9.17, 15) is 0 Å². The minimum atomic E-state index is 0.869. The van der Waals surface area contributed by atoms with Crippen LogP contribution >= 0.6 is 0 Å². The summed E-state index contributed by atoms with van der Waals surface area (Å²) in [5, 5.41) is 0. The largest absolute Gasteiger partial charge is 0.494 e. The van der Waals surface area contributed by atoms with E-state index in [1.807, 2.05) is 18.2 Å². The van der Waals surface area contributed by atoms with Crippen LogP contribution in [0.15, 0.2) is 97.1 Å². The number of benzene rings is 3. The minimum Gasteiger partial charge on any atom is -0.494 e. The van der Waals surface area contributed by atoms with Gasteiger partial charge in [-0.1, -0.05) is 78.9 Å². The molecule has 0 atom stereocenters. The second kappa shape index (κ2) is 6.70. The predicted molar refractivity (Wildman–Crippen MR) is 103 cm³/mol. The highest BCUT2D eigenvalue weighted by Crippen LogP contribution is 2.40. The Morgan fingerprint density at radius 1 is 0.640 bits per heavy atom. The first-order chi connectivity index (χ1) is 12.4. The Balaban J connectivity index is 2.05. The van der Waals surface area contributed by atoms with Gasteiger partial charge < -0.3 is 9.30 Å². The van der Waals surface area contributed by atoms with Crippen molar-refractivity contribution in [1.82, 2.24) is 4.57 Å². The Labute approximate surface area is 148 Å². The molecule has 0 N–H and O–H groups in total. The molecule has 0 aliphatic carbocycles. The van der Waals surface area contributed by atoms with Crippen LogP contribution in [0, 0.1) is 0 Å². The first-order valence-corrected chi connectivity index (χ1v) is 8.34. The van der Waals surface area contributed by atoms with E-state index in [0.717, 1.165) is 34.0 Å². The smallest absolute Gasteiger partial charge is 0.145 e. The Hall–Kier alpha value is -3.26. The van der Waals surface area contributed by atoms with Crippen LogP contribution in [0.2, 0.25) is 0 Å². The number of nitrogens with zero attached hydrogens (tertiary/aromatic N) is 1.